The molecule has 0 amide bonds. The van der Waals surface area contributed by atoms with Crippen molar-refractivity contribution in [3.05, 3.63) is 21.8 Å². The van der Waals surface area contributed by atoms with Crippen LogP contribution in [0.1, 0.15) is 0 Å². The Morgan fingerprint density at radius 2 is 2.00 bits per heavy atom. The van der Waals surface area contributed by atoms with Crippen LogP contribution in [0.4, 0.5) is 11.4 Å². The van der Waals surface area contributed by atoms with Crippen molar-refractivity contribution in [2.24, 2.45) is 0 Å². The first-order chi connectivity index (χ1) is 6.67. The second-order valence-electron chi connectivity index (χ2n) is 2.95. The summed E-state index contributed by atoms with van der Waals surface area (Å²) >= 11 is 2.15. The number of hydrogen-bond donors (Lipinski definition) is 4. The molecule has 14 heavy (non-hydrogen) atoms. The molecule has 0 heterocycles. The van der Waals surface area contributed by atoms with Crippen LogP contribution >= 0.6 is 22.6 Å². The third kappa shape index (κ3) is 3.00. The van der Waals surface area contributed by atoms with Crippen molar-refractivity contribution >= 4 is 34.0 Å². The van der Waals surface area contributed by atoms with Gasteiger partial charge in [0.05, 0.1) is 19.3 Å². The minimum atomic E-state index is -0.327. The van der Waals surface area contributed by atoms with Crippen molar-refractivity contribution < 1.29 is 10.2 Å². The summed E-state index contributed by atoms with van der Waals surface area (Å²) in [6, 6.07) is 5.10. The van der Waals surface area contributed by atoms with E-state index in [1.165, 1.54) is 0 Å². The summed E-state index contributed by atoms with van der Waals surface area (Å²) in [5, 5.41) is 20.8. The molecular weight excluding hydrogens is 295 g/mol. The summed E-state index contributed by atoms with van der Waals surface area (Å²) in [6.07, 6.45) is 0. The van der Waals surface area contributed by atoms with E-state index in [0.29, 0.717) is 5.69 Å². The van der Waals surface area contributed by atoms with E-state index in [1.807, 2.05) is 12.1 Å². The molecule has 1 aromatic carbocycles. The molecule has 78 valence electrons. The van der Waals surface area contributed by atoms with Gasteiger partial charge in [0.25, 0.3) is 0 Å². The Hall–Kier alpha value is -0.530. The van der Waals surface area contributed by atoms with Crippen molar-refractivity contribution in [2.75, 3.05) is 24.3 Å². The summed E-state index contributed by atoms with van der Waals surface area (Å²) in [4.78, 5) is 0. The number of aliphatic hydroxyl groups is 2. The molecule has 0 saturated carbocycles. The first-order valence-electron chi connectivity index (χ1n) is 4.20. The highest BCUT2D eigenvalue weighted by molar-refractivity contribution is 14.1. The molecule has 1 aromatic rings. The van der Waals surface area contributed by atoms with Crippen molar-refractivity contribution in [2.45, 2.75) is 6.04 Å². The average Bonchev–Trinajstić information content (AvgIpc) is 2.17. The van der Waals surface area contributed by atoms with Crippen molar-refractivity contribution in [3.8, 4) is 0 Å². The first-order valence-corrected chi connectivity index (χ1v) is 5.28. The SMILES string of the molecule is Nc1ccc(NC(CO)CO)c(I)c1. The number of nitrogens with two attached hydrogens (primary N) is 1. The number of anilines is 2. The van der Waals surface area contributed by atoms with E-state index < -0.39 is 0 Å². The molecule has 0 unspecified atom stereocenters. The summed E-state index contributed by atoms with van der Waals surface area (Å²) in [7, 11) is 0. The van der Waals surface area contributed by atoms with Gasteiger partial charge in [0.15, 0.2) is 0 Å². The lowest BCUT2D eigenvalue weighted by atomic mass is 10.2. The predicted molar refractivity (Wildman–Crippen MR) is 65.2 cm³/mol. The fraction of sp³-hybridized carbons (Fsp3) is 0.333. The van der Waals surface area contributed by atoms with E-state index in [9.17, 15) is 0 Å². The molecule has 5 N–H and O–H groups in total. The molecule has 0 aliphatic rings. The highest BCUT2D eigenvalue weighted by atomic mass is 127. The molecule has 0 atom stereocenters. The van der Waals surface area contributed by atoms with Crippen LogP contribution in [0.2, 0.25) is 0 Å². The van der Waals surface area contributed by atoms with Gasteiger partial charge in [-0.2, -0.15) is 0 Å². The van der Waals surface area contributed by atoms with Crippen LogP contribution in [0, 0.1) is 3.57 Å². The lowest BCUT2D eigenvalue weighted by Gasteiger charge is -2.16. The van der Waals surface area contributed by atoms with Gasteiger partial charge in [0.1, 0.15) is 0 Å². The normalized spacial score (nSPS) is 10.6. The lowest BCUT2D eigenvalue weighted by Crippen LogP contribution is -2.28. The van der Waals surface area contributed by atoms with Gasteiger partial charge in [-0.05, 0) is 40.8 Å². The zero-order valence-electron chi connectivity index (χ0n) is 7.57. The number of halogens is 1. The van der Waals surface area contributed by atoms with Crippen LogP contribution in [-0.2, 0) is 0 Å². The van der Waals surface area contributed by atoms with Crippen LogP contribution in [-0.4, -0.2) is 29.5 Å². The molecular formula is C9H13IN2O2. The molecule has 0 aliphatic carbocycles. The van der Waals surface area contributed by atoms with Crippen molar-refractivity contribution in [1.29, 1.82) is 0 Å². The Labute approximate surface area is 96.3 Å². The van der Waals surface area contributed by atoms with Crippen LogP contribution in [0.3, 0.4) is 0 Å². The van der Waals surface area contributed by atoms with Gasteiger partial charge in [0, 0.05) is 14.9 Å². The van der Waals surface area contributed by atoms with E-state index in [1.54, 1.807) is 6.07 Å². The fourth-order valence-corrected chi connectivity index (χ4v) is 1.71. The molecule has 0 radical (unpaired) electrons. The third-order valence-corrected chi connectivity index (χ3v) is 2.69. The largest absolute Gasteiger partial charge is 0.399 e. The van der Waals surface area contributed by atoms with E-state index >= 15 is 0 Å². The molecule has 0 aromatic heterocycles. The number of nitrogen functional groups attached to an aromatic ring is 1. The Morgan fingerprint density at radius 1 is 1.36 bits per heavy atom. The monoisotopic (exact) mass is 308 g/mol. The van der Waals surface area contributed by atoms with Gasteiger partial charge >= 0.3 is 0 Å². The quantitative estimate of drug-likeness (QED) is 0.486. The minimum absolute atomic E-state index is 0.100. The topological polar surface area (TPSA) is 78.5 Å². The number of hydrogen-bond acceptors (Lipinski definition) is 4. The average molecular weight is 308 g/mol. The number of aliphatic hydroxyl groups excluding tert-OH is 2. The van der Waals surface area contributed by atoms with E-state index in [0.717, 1.165) is 9.26 Å². The van der Waals surface area contributed by atoms with Gasteiger partial charge in [0.2, 0.25) is 0 Å². The summed E-state index contributed by atoms with van der Waals surface area (Å²) < 4.78 is 0.967. The van der Waals surface area contributed by atoms with E-state index in [4.69, 9.17) is 15.9 Å². The second kappa shape index (κ2) is 5.38. The Morgan fingerprint density at radius 3 is 2.50 bits per heavy atom. The number of rotatable bonds is 4. The zero-order chi connectivity index (χ0) is 10.6. The molecule has 0 saturated heterocycles. The van der Waals surface area contributed by atoms with Gasteiger partial charge in [-0.25, -0.2) is 0 Å². The van der Waals surface area contributed by atoms with E-state index in [-0.39, 0.29) is 19.3 Å². The number of benzene rings is 1. The smallest absolute Gasteiger partial charge is 0.0723 e. The predicted octanol–water partition coefficient (Wildman–Crippen LogP) is 0.639. The van der Waals surface area contributed by atoms with Crippen LogP contribution in [0.25, 0.3) is 0 Å². The number of nitrogens with one attached hydrogen (secondary N) is 1. The molecule has 0 bridgehead atoms. The Bertz CT molecular complexity index is 303. The molecule has 1 rings (SSSR count). The van der Waals surface area contributed by atoms with Crippen molar-refractivity contribution in [1.82, 2.24) is 0 Å². The second-order valence-corrected chi connectivity index (χ2v) is 4.11. The summed E-state index contributed by atoms with van der Waals surface area (Å²) in [5.74, 6) is 0. The Balaban J connectivity index is 2.76. The molecule has 0 aliphatic heterocycles. The standard InChI is InChI=1S/C9H13IN2O2/c10-8-3-6(11)1-2-9(8)12-7(4-13)5-14/h1-3,7,12-14H,4-5,11H2. The fourth-order valence-electron chi connectivity index (χ4n) is 1.02. The molecule has 0 spiro atoms. The maximum Gasteiger partial charge on any atom is 0.0723 e. The minimum Gasteiger partial charge on any atom is -0.399 e. The van der Waals surface area contributed by atoms with Gasteiger partial charge in [-0.1, -0.05) is 0 Å². The highest BCUT2D eigenvalue weighted by Crippen LogP contribution is 2.21. The zero-order valence-corrected chi connectivity index (χ0v) is 9.73. The Kier molecular flexibility index (Phi) is 4.43. The van der Waals surface area contributed by atoms with Gasteiger partial charge < -0.3 is 21.3 Å². The maximum atomic E-state index is 8.88. The van der Waals surface area contributed by atoms with Crippen molar-refractivity contribution in [3.63, 3.8) is 0 Å². The summed E-state index contributed by atoms with van der Waals surface area (Å²) in [5.41, 5.74) is 7.16. The summed E-state index contributed by atoms with van der Waals surface area (Å²) in [6.45, 7) is -0.200. The maximum absolute atomic E-state index is 8.88. The van der Waals surface area contributed by atoms with Crippen LogP contribution < -0.4 is 11.1 Å². The highest BCUT2D eigenvalue weighted by Gasteiger charge is 2.07. The van der Waals surface area contributed by atoms with Gasteiger partial charge in [-0.3, -0.25) is 0 Å². The molecule has 4 nitrogen and oxygen atoms in total. The molecule has 0 fully saturated rings. The van der Waals surface area contributed by atoms with Crippen LogP contribution in [0.15, 0.2) is 18.2 Å². The van der Waals surface area contributed by atoms with E-state index in [2.05, 4.69) is 27.9 Å². The van der Waals surface area contributed by atoms with Crippen LogP contribution in [0.5, 0.6) is 0 Å². The molecule has 5 heteroatoms. The first kappa shape index (κ1) is 11.5. The lowest BCUT2D eigenvalue weighted by molar-refractivity contribution is 0.204. The third-order valence-electron chi connectivity index (χ3n) is 1.79. The van der Waals surface area contributed by atoms with Gasteiger partial charge in [-0.15, -0.1) is 0 Å².